The van der Waals surface area contributed by atoms with Crippen LogP contribution in [-0.4, -0.2) is 45.4 Å². The Labute approximate surface area is 180 Å². The van der Waals surface area contributed by atoms with Gasteiger partial charge in [0.2, 0.25) is 0 Å². The molecule has 1 unspecified atom stereocenters. The van der Waals surface area contributed by atoms with Gasteiger partial charge in [-0.05, 0) is 31.4 Å². The fraction of sp³-hybridized carbons (Fsp3) is 0.458. The molecule has 6 heteroatoms. The Hall–Kier alpha value is -2.57. The predicted molar refractivity (Wildman–Crippen MR) is 122 cm³/mol. The highest BCUT2D eigenvalue weighted by molar-refractivity contribution is 5.79. The maximum Gasteiger partial charge on any atom is 0.191 e. The van der Waals surface area contributed by atoms with Crippen molar-refractivity contribution in [3.8, 4) is 5.75 Å². The summed E-state index contributed by atoms with van der Waals surface area (Å²) < 4.78 is 11.1. The molecule has 1 atom stereocenters. The van der Waals surface area contributed by atoms with E-state index in [4.69, 9.17) is 9.47 Å². The molecule has 1 saturated heterocycles. The molecular formula is C24H34N4O2. The number of nitrogens with zero attached hydrogens (tertiary/aromatic N) is 1. The standard InChI is InChI=1S/C24H34N4O2/c1-19(20-9-5-4-6-10-20)28-24(13-15-30-16-14-24)18-27-23(25-2)26-17-21-11-7-8-12-22(21)29-3/h4-12,19,28H,13-18H2,1-3H3,(H2,25,26,27). The minimum atomic E-state index is -0.0461. The van der Waals surface area contributed by atoms with Crippen molar-refractivity contribution in [3.05, 3.63) is 65.7 Å². The highest BCUT2D eigenvalue weighted by Crippen LogP contribution is 2.25. The normalized spacial score (nSPS) is 17.2. The SMILES string of the molecule is CN=C(NCc1ccccc1OC)NCC1(NC(C)c2ccccc2)CCOCC1. The summed E-state index contributed by atoms with van der Waals surface area (Å²) in [7, 11) is 3.49. The molecule has 3 rings (SSSR count). The molecular weight excluding hydrogens is 376 g/mol. The molecule has 0 amide bonds. The van der Waals surface area contributed by atoms with Crippen LogP contribution < -0.4 is 20.7 Å². The lowest BCUT2D eigenvalue weighted by Crippen LogP contribution is -2.58. The van der Waals surface area contributed by atoms with Gasteiger partial charge in [0.1, 0.15) is 5.75 Å². The van der Waals surface area contributed by atoms with Crippen molar-refractivity contribution in [1.82, 2.24) is 16.0 Å². The zero-order valence-electron chi connectivity index (χ0n) is 18.3. The number of hydrogen-bond donors (Lipinski definition) is 3. The monoisotopic (exact) mass is 410 g/mol. The van der Waals surface area contributed by atoms with Crippen LogP contribution in [0.5, 0.6) is 5.75 Å². The van der Waals surface area contributed by atoms with Crippen molar-refractivity contribution < 1.29 is 9.47 Å². The van der Waals surface area contributed by atoms with Crippen LogP contribution in [-0.2, 0) is 11.3 Å². The third kappa shape index (κ3) is 5.97. The van der Waals surface area contributed by atoms with Gasteiger partial charge in [-0.15, -0.1) is 0 Å². The van der Waals surface area contributed by atoms with E-state index in [0.29, 0.717) is 6.54 Å². The second-order valence-electron chi connectivity index (χ2n) is 7.76. The van der Waals surface area contributed by atoms with E-state index in [9.17, 15) is 0 Å². The van der Waals surface area contributed by atoms with Crippen LogP contribution in [0.3, 0.4) is 0 Å². The summed E-state index contributed by atoms with van der Waals surface area (Å²) in [5.74, 6) is 1.65. The van der Waals surface area contributed by atoms with Crippen LogP contribution in [0.15, 0.2) is 59.6 Å². The molecule has 0 aromatic heterocycles. The van der Waals surface area contributed by atoms with Crippen LogP contribution >= 0.6 is 0 Å². The van der Waals surface area contributed by atoms with Gasteiger partial charge in [-0.2, -0.15) is 0 Å². The summed E-state index contributed by atoms with van der Waals surface area (Å²) in [6.45, 7) is 5.18. The Bertz CT molecular complexity index is 804. The van der Waals surface area contributed by atoms with Gasteiger partial charge in [-0.1, -0.05) is 48.5 Å². The van der Waals surface area contributed by atoms with E-state index in [1.54, 1.807) is 14.2 Å². The van der Waals surface area contributed by atoms with E-state index in [2.05, 4.69) is 64.3 Å². The van der Waals surface area contributed by atoms with Crippen LogP contribution in [0, 0.1) is 0 Å². The van der Waals surface area contributed by atoms with Gasteiger partial charge in [0.25, 0.3) is 0 Å². The first-order valence-corrected chi connectivity index (χ1v) is 10.6. The molecule has 2 aromatic carbocycles. The summed E-state index contributed by atoms with van der Waals surface area (Å²) in [4.78, 5) is 4.41. The summed E-state index contributed by atoms with van der Waals surface area (Å²) in [6.07, 6.45) is 1.92. The maximum atomic E-state index is 5.65. The smallest absolute Gasteiger partial charge is 0.191 e. The minimum Gasteiger partial charge on any atom is -0.496 e. The lowest BCUT2D eigenvalue weighted by atomic mass is 9.88. The Balaban J connectivity index is 1.61. The van der Waals surface area contributed by atoms with E-state index in [0.717, 1.165) is 49.9 Å². The molecule has 1 aliphatic rings. The van der Waals surface area contributed by atoms with Crippen LogP contribution in [0.1, 0.15) is 36.9 Å². The van der Waals surface area contributed by atoms with Crippen molar-refractivity contribution in [2.24, 2.45) is 4.99 Å². The average Bonchev–Trinajstić information content (AvgIpc) is 2.80. The van der Waals surface area contributed by atoms with Gasteiger partial charge >= 0.3 is 0 Å². The highest BCUT2D eigenvalue weighted by Gasteiger charge is 2.34. The summed E-state index contributed by atoms with van der Waals surface area (Å²) in [6, 6.07) is 18.9. The van der Waals surface area contributed by atoms with E-state index < -0.39 is 0 Å². The Morgan fingerprint density at radius 1 is 1.07 bits per heavy atom. The number of ether oxygens (including phenoxy) is 2. The Morgan fingerprint density at radius 3 is 2.47 bits per heavy atom. The number of nitrogens with one attached hydrogen (secondary N) is 3. The maximum absolute atomic E-state index is 5.65. The molecule has 3 N–H and O–H groups in total. The van der Waals surface area contributed by atoms with Crippen molar-refractivity contribution in [2.75, 3.05) is 33.9 Å². The highest BCUT2D eigenvalue weighted by atomic mass is 16.5. The number of para-hydroxylation sites is 1. The molecule has 162 valence electrons. The lowest BCUT2D eigenvalue weighted by Gasteiger charge is -2.41. The summed E-state index contributed by atoms with van der Waals surface area (Å²) in [5, 5.41) is 10.8. The van der Waals surface area contributed by atoms with Gasteiger partial charge in [-0.25, -0.2) is 0 Å². The topological polar surface area (TPSA) is 66.9 Å². The van der Waals surface area contributed by atoms with E-state index in [1.807, 2.05) is 18.2 Å². The molecule has 1 fully saturated rings. The fourth-order valence-corrected chi connectivity index (χ4v) is 3.92. The summed E-state index contributed by atoms with van der Waals surface area (Å²) >= 11 is 0. The molecule has 0 saturated carbocycles. The largest absolute Gasteiger partial charge is 0.496 e. The third-order valence-corrected chi connectivity index (χ3v) is 5.73. The van der Waals surface area contributed by atoms with Crippen LogP contribution in [0.25, 0.3) is 0 Å². The predicted octanol–water partition coefficient (Wildman–Crippen LogP) is 3.26. The molecule has 0 bridgehead atoms. The van der Waals surface area contributed by atoms with E-state index in [-0.39, 0.29) is 11.6 Å². The minimum absolute atomic E-state index is 0.0461. The molecule has 1 heterocycles. The number of benzene rings is 2. The second-order valence-corrected chi connectivity index (χ2v) is 7.76. The second kappa shape index (κ2) is 11.0. The quantitative estimate of drug-likeness (QED) is 0.460. The van der Waals surface area contributed by atoms with Gasteiger partial charge < -0.3 is 25.4 Å². The van der Waals surface area contributed by atoms with Gasteiger partial charge in [-0.3, -0.25) is 4.99 Å². The Kier molecular flexibility index (Phi) is 8.11. The molecule has 1 aliphatic heterocycles. The number of hydrogen-bond acceptors (Lipinski definition) is 4. The fourth-order valence-electron chi connectivity index (χ4n) is 3.92. The van der Waals surface area contributed by atoms with Gasteiger partial charge in [0.15, 0.2) is 5.96 Å². The van der Waals surface area contributed by atoms with E-state index >= 15 is 0 Å². The number of guanidine groups is 1. The third-order valence-electron chi connectivity index (χ3n) is 5.73. The van der Waals surface area contributed by atoms with Crippen molar-refractivity contribution in [2.45, 2.75) is 37.9 Å². The molecule has 0 aliphatic carbocycles. The zero-order valence-corrected chi connectivity index (χ0v) is 18.3. The van der Waals surface area contributed by atoms with Crippen molar-refractivity contribution in [3.63, 3.8) is 0 Å². The average molecular weight is 411 g/mol. The van der Waals surface area contributed by atoms with Crippen LogP contribution in [0.4, 0.5) is 0 Å². The molecule has 0 spiro atoms. The lowest BCUT2D eigenvalue weighted by molar-refractivity contribution is 0.0355. The first kappa shape index (κ1) is 22.1. The Morgan fingerprint density at radius 2 is 1.77 bits per heavy atom. The first-order valence-electron chi connectivity index (χ1n) is 10.6. The van der Waals surface area contributed by atoms with Crippen molar-refractivity contribution >= 4 is 5.96 Å². The van der Waals surface area contributed by atoms with Crippen LogP contribution in [0.2, 0.25) is 0 Å². The van der Waals surface area contributed by atoms with Crippen molar-refractivity contribution in [1.29, 1.82) is 0 Å². The number of aliphatic imine (C=N–C) groups is 1. The molecule has 30 heavy (non-hydrogen) atoms. The summed E-state index contributed by atoms with van der Waals surface area (Å²) in [5.41, 5.74) is 2.34. The van der Waals surface area contributed by atoms with E-state index in [1.165, 1.54) is 5.56 Å². The van der Waals surface area contributed by atoms with Gasteiger partial charge in [0, 0.05) is 50.5 Å². The molecule has 6 nitrogen and oxygen atoms in total. The number of methoxy groups -OCH3 is 1. The first-order chi connectivity index (χ1) is 14.7. The molecule has 2 aromatic rings. The number of rotatable bonds is 8. The zero-order chi connectivity index (χ0) is 21.2. The van der Waals surface area contributed by atoms with Gasteiger partial charge in [0.05, 0.1) is 7.11 Å². The molecule has 0 radical (unpaired) electrons.